The Morgan fingerprint density at radius 1 is 0.867 bits per heavy atom. The average molecular weight is 628 g/mol. The van der Waals surface area contributed by atoms with Gasteiger partial charge in [0.2, 0.25) is 0 Å². The minimum atomic E-state index is 0.144. The molecule has 0 bridgehead atoms. The molecule has 0 saturated carbocycles. The molecule has 2 aromatic carbocycles. The average Bonchev–Trinajstić information content (AvgIpc) is 3.56. The lowest BCUT2D eigenvalue weighted by Crippen LogP contribution is -2.47. The largest absolute Gasteiger partial charge is 0.339 e. The highest BCUT2D eigenvalue weighted by atomic mass is 32.1. The zero-order valence-corrected chi connectivity index (χ0v) is 28.6. The molecule has 0 atom stereocenters. The minimum absolute atomic E-state index is 0.144. The predicted octanol–water partition coefficient (Wildman–Crippen LogP) is 8.93. The molecular weight excluding hydrogens is 575 g/mol. The number of piperidine rings is 2. The van der Waals surface area contributed by atoms with Crippen LogP contribution in [-0.4, -0.2) is 65.3 Å². The van der Waals surface area contributed by atoms with Gasteiger partial charge in [-0.1, -0.05) is 70.0 Å². The number of carbonyl (C=O) groups is 2. The van der Waals surface area contributed by atoms with E-state index in [0.717, 1.165) is 92.0 Å². The molecule has 1 aromatic heterocycles. The molecule has 2 fully saturated rings. The Kier molecular flexibility index (Phi) is 12.3. The summed E-state index contributed by atoms with van der Waals surface area (Å²) in [5.74, 6) is 1.04. The number of hydrogen-bond donors (Lipinski definition) is 0. The standard InChI is InChI=1S/C39H53N3O2S/c1-4-5-7-10-32-27-37(45-29-32)39(44)42(36-20-25-40(26-21-36)24-19-30(2)3)28-31-11-13-33(14-12-31)34-15-17-35(18-16-34)38(43)41-22-8-6-9-23-41/h11-18,27,29-30,36H,4-10,19-26,28H2,1-3H3. The molecule has 0 spiro atoms. The molecule has 5 nitrogen and oxygen atoms in total. The second-order valence-corrected chi connectivity index (χ2v) is 14.5. The number of rotatable bonds is 13. The lowest BCUT2D eigenvalue weighted by atomic mass is 9.99. The highest BCUT2D eigenvalue weighted by molar-refractivity contribution is 7.12. The second kappa shape index (κ2) is 16.6. The molecule has 3 heterocycles. The fourth-order valence-corrected chi connectivity index (χ4v) is 7.59. The third kappa shape index (κ3) is 9.29. The minimum Gasteiger partial charge on any atom is -0.339 e. The monoisotopic (exact) mass is 627 g/mol. The van der Waals surface area contributed by atoms with Gasteiger partial charge in [-0.2, -0.15) is 0 Å². The summed E-state index contributed by atoms with van der Waals surface area (Å²) in [6, 6.07) is 19.1. The first-order valence-electron chi connectivity index (χ1n) is 17.5. The fraction of sp³-hybridized carbons (Fsp3) is 0.538. The van der Waals surface area contributed by atoms with Gasteiger partial charge in [0, 0.05) is 44.3 Å². The Balaban J connectivity index is 1.27. The maximum Gasteiger partial charge on any atom is 0.264 e. The molecule has 2 aliphatic rings. The zero-order chi connectivity index (χ0) is 31.6. The molecular formula is C39H53N3O2S. The van der Waals surface area contributed by atoms with Gasteiger partial charge in [-0.25, -0.2) is 0 Å². The number of unbranched alkanes of at least 4 members (excludes halogenated alkanes) is 2. The van der Waals surface area contributed by atoms with E-state index < -0.39 is 0 Å². The van der Waals surface area contributed by atoms with E-state index in [0.29, 0.717) is 12.5 Å². The molecule has 2 amide bonds. The first-order chi connectivity index (χ1) is 21.9. The summed E-state index contributed by atoms with van der Waals surface area (Å²) in [6.07, 6.45) is 11.4. The van der Waals surface area contributed by atoms with Crippen LogP contribution in [-0.2, 0) is 13.0 Å². The maximum atomic E-state index is 14.1. The summed E-state index contributed by atoms with van der Waals surface area (Å²) in [4.78, 5) is 34.6. The van der Waals surface area contributed by atoms with Gasteiger partial charge in [-0.3, -0.25) is 9.59 Å². The highest BCUT2D eigenvalue weighted by Gasteiger charge is 2.29. The van der Waals surface area contributed by atoms with Crippen LogP contribution in [0.25, 0.3) is 11.1 Å². The third-order valence-corrected chi connectivity index (χ3v) is 10.6. The van der Waals surface area contributed by atoms with Gasteiger partial charge < -0.3 is 14.7 Å². The molecule has 6 heteroatoms. The number of carbonyl (C=O) groups excluding carboxylic acids is 2. The Bertz CT molecular complexity index is 1350. The number of benzene rings is 2. The van der Waals surface area contributed by atoms with Crippen molar-refractivity contribution >= 4 is 23.2 Å². The van der Waals surface area contributed by atoms with Crippen LogP contribution in [0, 0.1) is 5.92 Å². The first kappa shape index (κ1) is 33.4. The van der Waals surface area contributed by atoms with Crippen molar-refractivity contribution in [1.29, 1.82) is 0 Å². The van der Waals surface area contributed by atoms with E-state index in [2.05, 4.69) is 78.4 Å². The number of thiophene rings is 1. The smallest absolute Gasteiger partial charge is 0.264 e. The number of hydrogen-bond acceptors (Lipinski definition) is 4. The van der Waals surface area contributed by atoms with Crippen LogP contribution in [0.4, 0.5) is 0 Å². The van der Waals surface area contributed by atoms with Crippen LogP contribution >= 0.6 is 11.3 Å². The highest BCUT2D eigenvalue weighted by Crippen LogP contribution is 2.27. The van der Waals surface area contributed by atoms with Crippen molar-refractivity contribution in [3.8, 4) is 11.1 Å². The summed E-state index contributed by atoms with van der Waals surface area (Å²) in [6.45, 7) is 12.4. The Hall–Kier alpha value is -2.96. The molecule has 45 heavy (non-hydrogen) atoms. The molecule has 0 radical (unpaired) electrons. The van der Waals surface area contributed by atoms with E-state index in [-0.39, 0.29) is 17.9 Å². The normalized spacial score (nSPS) is 16.3. The van der Waals surface area contributed by atoms with Crippen LogP contribution in [0.3, 0.4) is 0 Å². The lowest BCUT2D eigenvalue weighted by molar-refractivity contribution is 0.0550. The molecule has 242 valence electrons. The summed E-state index contributed by atoms with van der Waals surface area (Å²) in [5, 5.41) is 2.19. The van der Waals surface area contributed by atoms with Gasteiger partial charge in [-0.05, 0) is 110 Å². The van der Waals surface area contributed by atoms with Crippen molar-refractivity contribution in [1.82, 2.24) is 14.7 Å². The Labute approximate surface area is 275 Å². The van der Waals surface area contributed by atoms with Crippen molar-refractivity contribution in [3.05, 3.63) is 81.5 Å². The lowest BCUT2D eigenvalue weighted by Gasteiger charge is -2.38. The van der Waals surface area contributed by atoms with Crippen LogP contribution in [0.15, 0.2) is 60.0 Å². The van der Waals surface area contributed by atoms with E-state index in [1.807, 2.05) is 17.0 Å². The summed E-state index contributed by atoms with van der Waals surface area (Å²) >= 11 is 1.61. The Morgan fingerprint density at radius 3 is 2.18 bits per heavy atom. The third-order valence-electron chi connectivity index (χ3n) is 9.63. The molecule has 0 aliphatic carbocycles. The van der Waals surface area contributed by atoms with E-state index in [1.54, 1.807) is 11.3 Å². The van der Waals surface area contributed by atoms with E-state index in [4.69, 9.17) is 0 Å². The Morgan fingerprint density at radius 2 is 1.53 bits per heavy atom. The van der Waals surface area contributed by atoms with Crippen molar-refractivity contribution in [2.24, 2.45) is 5.92 Å². The van der Waals surface area contributed by atoms with Crippen molar-refractivity contribution in [2.75, 3.05) is 32.7 Å². The van der Waals surface area contributed by atoms with Crippen LogP contribution < -0.4 is 0 Å². The topological polar surface area (TPSA) is 43.9 Å². The van der Waals surface area contributed by atoms with E-state index in [1.165, 1.54) is 37.7 Å². The molecule has 2 saturated heterocycles. The van der Waals surface area contributed by atoms with Gasteiger partial charge in [0.25, 0.3) is 11.8 Å². The number of nitrogens with zero attached hydrogens (tertiary/aromatic N) is 3. The van der Waals surface area contributed by atoms with Crippen molar-refractivity contribution in [2.45, 2.75) is 97.6 Å². The van der Waals surface area contributed by atoms with Gasteiger partial charge >= 0.3 is 0 Å². The maximum absolute atomic E-state index is 14.1. The van der Waals surface area contributed by atoms with Gasteiger partial charge in [0.05, 0.1) is 4.88 Å². The van der Waals surface area contributed by atoms with Gasteiger partial charge in [-0.15, -0.1) is 11.3 Å². The fourth-order valence-electron chi connectivity index (χ4n) is 6.69. The quantitative estimate of drug-likeness (QED) is 0.178. The number of amides is 2. The van der Waals surface area contributed by atoms with Crippen LogP contribution in [0.2, 0.25) is 0 Å². The van der Waals surface area contributed by atoms with Crippen molar-refractivity contribution < 1.29 is 9.59 Å². The molecule has 5 rings (SSSR count). The molecule has 0 unspecified atom stereocenters. The zero-order valence-electron chi connectivity index (χ0n) is 27.8. The van der Waals surface area contributed by atoms with Crippen LogP contribution in [0.5, 0.6) is 0 Å². The number of aryl methyl sites for hydroxylation is 1. The van der Waals surface area contributed by atoms with Crippen molar-refractivity contribution in [3.63, 3.8) is 0 Å². The SMILES string of the molecule is CCCCCc1csc(C(=O)N(Cc2ccc(-c3ccc(C(=O)N4CCCCC4)cc3)cc2)C2CCN(CCC(C)C)CC2)c1. The molecule has 0 N–H and O–H groups in total. The van der Waals surface area contributed by atoms with E-state index in [9.17, 15) is 9.59 Å². The number of likely N-dealkylation sites (tertiary alicyclic amines) is 2. The van der Waals surface area contributed by atoms with Gasteiger partial charge in [0.15, 0.2) is 0 Å². The summed E-state index contributed by atoms with van der Waals surface area (Å²) in [5.41, 5.74) is 5.46. The second-order valence-electron chi connectivity index (χ2n) is 13.6. The first-order valence-corrected chi connectivity index (χ1v) is 18.4. The van der Waals surface area contributed by atoms with E-state index >= 15 is 0 Å². The predicted molar refractivity (Wildman–Crippen MR) is 188 cm³/mol. The molecule has 2 aliphatic heterocycles. The van der Waals surface area contributed by atoms with Gasteiger partial charge in [0.1, 0.15) is 0 Å². The summed E-state index contributed by atoms with van der Waals surface area (Å²) in [7, 11) is 0. The van der Waals surface area contributed by atoms with Crippen LogP contribution in [0.1, 0.15) is 110 Å². The summed E-state index contributed by atoms with van der Waals surface area (Å²) < 4.78 is 0. The molecule has 3 aromatic rings.